The summed E-state index contributed by atoms with van der Waals surface area (Å²) in [6.45, 7) is 6.51. The molecule has 0 spiro atoms. The van der Waals surface area contributed by atoms with Crippen LogP contribution in [0.5, 0.6) is 0 Å². The Balaban J connectivity index is 4.44. The van der Waals surface area contributed by atoms with Gasteiger partial charge in [0.05, 0.1) is 0 Å². The van der Waals surface area contributed by atoms with Crippen molar-refractivity contribution < 1.29 is 28.6 Å². The first-order valence-corrected chi connectivity index (χ1v) is 32.9. The normalized spacial score (nSPS) is 12.8. The zero-order valence-electron chi connectivity index (χ0n) is 51.2. The summed E-state index contributed by atoms with van der Waals surface area (Å²) in [6.07, 6.45) is 89.5. The van der Waals surface area contributed by atoms with E-state index in [2.05, 4.69) is 130 Å². The molecule has 78 heavy (non-hydrogen) atoms. The maximum absolute atomic E-state index is 12.9. The number of unbranched alkanes of at least 4 members (excludes halogenated alkanes) is 30. The summed E-state index contributed by atoms with van der Waals surface area (Å²) in [6, 6.07) is 0. The molecular weight excluding hydrogens is 961 g/mol. The third kappa shape index (κ3) is 62.9. The summed E-state index contributed by atoms with van der Waals surface area (Å²) in [5.74, 6) is -0.931. The molecular formula is C72H122O6. The molecule has 0 radical (unpaired) electrons. The highest BCUT2D eigenvalue weighted by molar-refractivity contribution is 5.71. The lowest BCUT2D eigenvalue weighted by molar-refractivity contribution is -0.167. The second kappa shape index (κ2) is 65.6. The third-order valence-corrected chi connectivity index (χ3v) is 14.0. The Bertz CT molecular complexity index is 1570. The van der Waals surface area contributed by atoms with Gasteiger partial charge in [-0.15, -0.1) is 0 Å². The summed E-state index contributed by atoms with van der Waals surface area (Å²) >= 11 is 0. The minimum Gasteiger partial charge on any atom is -0.462 e. The fraction of sp³-hybridized carbons (Fsp3) is 0.708. The van der Waals surface area contributed by atoms with E-state index in [-0.39, 0.29) is 31.1 Å². The van der Waals surface area contributed by atoms with E-state index in [9.17, 15) is 14.4 Å². The highest BCUT2D eigenvalue weighted by atomic mass is 16.6. The van der Waals surface area contributed by atoms with E-state index in [0.29, 0.717) is 19.3 Å². The Morgan fingerprint density at radius 3 is 0.821 bits per heavy atom. The second-order valence-corrected chi connectivity index (χ2v) is 21.6. The molecule has 1 unspecified atom stereocenters. The average molecular weight is 1080 g/mol. The van der Waals surface area contributed by atoms with Gasteiger partial charge in [0, 0.05) is 19.3 Å². The van der Waals surface area contributed by atoms with Crippen LogP contribution in [-0.4, -0.2) is 37.2 Å². The molecule has 0 aromatic rings. The molecule has 0 aromatic carbocycles. The molecule has 6 nitrogen and oxygen atoms in total. The van der Waals surface area contributed by atoms with E-state index in [4.69, 9.17) is 14.2 Å². The van der Waals surface area contributed by atoms with Gasteiger partial charge >= 0.3 is 17.9 Å². The van der Waals surface area contributed by atoms with Crippen LogP contribution in [0.3, 0.4) is 0 Å². The van der Waals surface area contributed by atoms with Gasteiger partial charge < -0.3 is 14.2 Å². The number of ether oxygens (including phenoxy) is 3. The predicted molar refractivity (Wildman–Crippen MR) is 339 cm³/mol. The largest absolute Gasteiger partial charge is 0.462 e. The predicted octanol–water partition coefficient (Wildman–Crippen LogP) is 22.6. The number of carbonyl (C=O) groups excluding carboxylic acids is 3. The smallest absolute Gasteiger partial charge is 0.306 e. The van der Waals surface area contributed by atoms with Crippen LogP contribution in [0.1, 0.15) is 310 Å². The molecule has 0 aromatic heterocycles. The van der Waals surface area contributed by atoms with E-state index in [1.165, 1.54) is 161 Å². The molecule has 0 fully saturated rings. The van der Waals surface area contributed by atoms with Crippen molar-refractivity contribution in [2.45, 2.75) is 316 Å². The Kier molecular flexibility index (Phi) is 62.3. The first kappa shape index (κ1) is 74.1. The van der Waals surface area contributed by atoms with Crippen LogP contribution < -0.4 is 0 Å². The van der Waals surface area contributed by atoms with Crippen molar-refractivity contribution in [2.75, 3.05) is 13.2 Å². The lowest BCUT2D eigenvalue weighted by Crippen LogP contribution is -2.30. The van der Waals surface area contributed by atoms with Crippen molar-refractivity contribution in [1.82, 2.24) is 0 Å². The molecule has 0 saturated heterocycles. The average Bonchev–Trinajstić information content (AvgIpc) is 3.44. The zero-order valence-corrected chi connectivity index (χ0v) is 51.2. The van der Waals surface area contributed by atoms with Crippen molar-refractivity contribution in [3.8, 4) is 0 Å². The SMILES string of the molecule is CC/C=C\C/C=C\C/C=C\C/C=C\C/C=C\C/C=C\C/C=C\C/C=C\CCCCC(=O)OCC(COC(=O)CCCCCCCCCCCCCCCCC)OC(=O)CCCCCCCCC/C=C\CCCCCCCCC. The Morgan fingerprint density at radius 1 is 0.269 bits per heavy atom. The zero-order chi connectivity index (χ0) is 56.4. The molecule has 0 bridgehead atoms. The van der Waals surface area contributed by atoms with Crippen molar-refractivity contribution in [3.05, 3.63) is 109 Å². The molecule has 446 valence electrons. The van der Waals surface area contributed by atoms with Gasteiger partial charge in [-0.3, -0.25) is 14.4 Å². The van der Waals surface area contributed by atoms with Gasteiger partial charge in [0.1, 0.15) is 13.2 Å². The van der Waals surface area contributed by atoms with Gasteiger partial charge in [-0.25, -0.2) is 0 Å². The Morgan fingerprint density at radius 2 is 0.500 bits per heavy atom. The number of hydrogen-bond donors (Lipinski definition) is 0. The van der Waals surface area contributed by atoms with E-state index < -0.39 is 6.10 Å². The van der Waals surface area contributed by atoms with Crippen molar-refractivity contribution >= 4 is 17.9 Å². The highest BCUT2D eigenvalue weighted by Gasteiger charge is 2.19. The second-order valence-electron chi connectivity index (χ2n) is 21.6. The van der Waals surface area contributed by atoms with Crippen LogP contribution in [0, 0.1) is 0 Å². The van der Waals surface area contributed by atoms with E-state index in [1.807, 2.05) is 0 Å². The third-order valence-electron chi connectivity index (χ3n) is 14.0. The number of allylic oxidation sites excluding steroid dienone is 18. The van der Waals surface area contributed by atoms with E-state index in [0.717, 1.165) is 109 Å². The van der Waals surface area contributed by atoms with E-state index >= 15 is 0 Å². The van der Waals surface area contributed by atoms with Crippen LogP contribution in [0.15, 0.2) is 109 Å². The van der Waals surface area contributed by atoms with Crippen LogP contribution in [0.25, 0.3) is 0 Å². The first-order valence-electron chi connectivity index (χ1n) is 32.9. The quantitative estimate of drug-likeness (QED) is 0.0261. The monoisotopic (exact) mass is 1080 g/mol. The summed E-state index contributed by atoms with van der Waals surface area (Å²) in [5, 5.41) is 0. The van der Waals surface area contributed by atoms with Crippen molar-refractivity contribution in [2.24, 2.45) is 0 Å². The van der Waals surface area contributed by atoms with Gasteiger partial charge in [-0.2, -0.15) is 0 Å². The van der Waals surface area contributed by atoms with Gasteiger partial charge in [-0.1, -0.05) is 291 Å². The molecule has 0 aliphatic carbocycles. The Hall–Kier alpha value is -3.93. The number of carbonyl (C=O) groups is 3. The van der Waals surface area contributed by atoms with E-state index in [1.54, 1.807) is 0 Å². The Labute approximate surface area is 482 Å². The number of esters is 3. The lowest BCUT2D eigenvalue weighted by Gasteiger charge is -2.18. The molecule has 1 atom stereocenters. The van der Waals surface area contributed by atoms with Crippen molar-refractivity contribution in [3.63, 3.8) is 0 Å². The molecule has 0 aliphatic rings. The van der Waals surface area contributed by atoms with Crippen LogP contribution in [0.4, 0.5) is 0 Å². The molecule has 0 rings (SSSR count). The van der Waals surface area contributed by atoms with Gasteiger partial charge in [0.25, 0.3) is 0 Å². The summed E-state index contributed by atoms with van der Waals surface area (Å²) in [7, 11) is 0. The van der Waals surface area contributed by atoms with Gasteiger partial charge in [0.2, 0.25) is 0 Å². The lowest BCUT2D eigenvalue weighted by atomic mass is 10.0. The minimum absolute atomic E-state index is 0.0917. The topological polar surface area (TPSA) is 78.9 Å². The summed E-state index contributed by atoms with van der Waals surface area (Å²) in [5.41, 5.74) is 0. The van der Waals surface area contributed by atoms with Gasteiger partial charge in [0.15, 0.2) is 6.10 Å². The molecule has 0 heterocycles. The summed E-state index contributed by atoms with van der Waals surface area (Å²) < 4.78 is 16.9. The maximum Gasteiger partial charge on any atom is 0.306 e. The highest BCUT2D eigenvalue weighted by Crippen LogP contribution is 2.16. The fourth-order valence-corrected chi connectivity index (χ4v) is 9.10. The number of hydrogen-bond acceptors (Lipinski definition) is 6. The number of rotatable bonds is 59. The molecule has 6 heteroatoms. The fourth-order valence-electron chi connectivity index (χ4n) is 9.10. The molecule has 0 amide bonds. The standard InChI is InChI=1S/C72H122O6/c1-4-7-10-13-16-19-22-25-28-30-32-33-34-35-36-37-38-39-40-42-44-47-50-53-56-59-62-65-71(74)77-68-69(67-76-70(73)64-61-58-55-52-49-46-43-27-24-21-18-15-12-9-6-3)78-72(75)66-63-60-57-54-51-48-45-41-31-29-26-23-20-17-14-11-8-5-2/h7,10,16,19,25,28-29,31-33,35-36,38-39,42,44,50,53,69H,4-6,8-9,11-15,17-18,20-24,26-27,30,34,37,40-41,43,45-49,51-52,54-68H2,1-3H3/b10-7-,19-16-,28-25-,31-29-,33-32-,36-35-,39-38-,44-42-,53-50-. The maximum atomic E-state index is 12.9. The summed E-state index contributed by atoms with van der Waals surface area (Å²) in [4.78, 5) is 38.3. The first-order chi connectivity index (χ1) is 38.5. The molecule has 0 saturated carbocycles. The minimum atomic E-state index is -0.800. The van der Waals surface area contributed by atoms with Crippen LogP contribution in [0.2, 0.25) is 0 Å². The molecule has 0 aliphatic heterocycles. The van der Waals surface area contributed by atoms with Crippen LogP contribution in [-0.2, 0) is 28.6 Å². The van der Waals surface area contributed by atoms with Crippen LogP contribution >= 0.6 is 0 Å². The molecule has 0 N–H and O–H groups in total. The van der Waals surface area contributed by atoms with Crippen molar-refractivity contribution in [1.29, 1.82) is 0 Å². The van der Waals surface area contributed by atoms with Gasteiger partial charge in [-0.05, 0) is 109 Å².